The van der Waals surface area contributed by atoms with Gasteiger partial charge in [0.2, 0.25) is 5.91 Å². The molecule has 7 nitrogen and oxygen atoms in total. The fraction of sp³-hybridized carbons (Fsp3) is 0.619. The van der Waals surface area contributed by atoms with Crippen molar-refractivity contribution in [3.05, 3.63) is 40.3 Å². The molecule has 1 amide bonds. The van der Waals surface area contributed by atoms with Crippen LogP contribution in [0.1, 0.15) is 59.3 Å². The number of carbonyl (C=O) groups excluding carboxylic acids is 1. The normalized spacial score (nSPS) is 18.3. The summed E-state index contributed by atoms with van der Waals surface area (Å²) in [6.45, 7) is 7.40. The first-order chi connectivity index (χ1) is 13.5. The Kier molecular flexibility index (Phi) is 5.44. The van der Waals surface area contributed by atoms with Crippen molar-refractivity contribution in [2.24, 2.45) is 0 Å². The predicted molar refractivity (Wildman–Crippen MR) is 105 cm³/mol. The van der Waals surface area contributed by atoms with E-state index >= 15 is 0 Å². The summed E-state index contributed by atoms with van der Waals surface area (Å²) >= 11 is 0. The highest BCUT2D eigenvalue weighted by Gasteiger charge is 2.27. The van der Waals surface area contributed by atoms with Gasteiger partial charge in [-0.05, 0) is 40.2 Å². The Labute approximate surface area is 166 Å². The Morgan fingerprint density at radius 3 is 2.75 bits per heavy atom. The molecule has 7 heteroatoms. The lowest BCUT2D eigenvalue weighted by molar-refractivity contribution is -0.132. The number of piperidine rings is 1. The van der Waals surface area contributed by atoms with Crippen molar-refractivity contribution in [3.63, 3.8) is 0 Å². The third-order valence-electron chi connectivity index (χ3n) is 6.13. The molecule has 0 radical (unpaired) electrons. The summed E-state index contributed by atoms with van der Waals surface area (Å²) in [5, 5.41) is 3.97. The van der Waals surface area contributed by atoms with Crippen LogP contribution in [0.4, 0.5) is 0 Å². The molecule has 2 aliphatic heterocycles. The van der Waals surface area contributed by atoms with Gasteiger partial charge < -0.3 is 14.3 Å². The largest absolute Gasteiger partial charge is 0.361 e. The van der Waals surface area contributed by atoms with E-state index in [0.29, 0.717) is 18.8 Å². The highest BCUT2D eigenvalue weighted by atomic mass is 16.5. The molecule has 1 fully saturated rings. The topological polar surface area (TPSA) is 75.4 Å². The van der Waals surface area contributed by atoms with Gasteiger partial charge in [-0.25, -0.2) is 9.97 Å². The first kappa shape index (κ1) is 19.1. The lowest BCUT2D eigenvalue weighted by Gasteiger charge is -2.32. The molecule has 150 valence electrons. The summed E-state index contributed by atoms with van der Waals surface area (Å²) in [7, 11) is 2.13. The van der Waals surface area contributed by atoms with Crippen molar-refractivity contribution in [3.8, 4) is 0 Å². The van der Waals surface area contributed by atoms with Crippen LogP contribution in [0.2, 0.25) is 0 Å². The number of nitrogens with zero attached hydrogens (tertiary/aromatic N) is 5. The van der Waals surface area contributed by atoms with Crippen LogP contribution in [0.25, 0.3) is 0 Å². The fourth-order valence-electron chi connectivity index (χ4n) is 4.31. The monoisotopic (exact) mass is 383 g/mol. The number of amides is 1. The summed E-state index contributed by atoms with van der Waals surface area (Å²) < 4.78 is 5.19. The molecule has 0 N–H and O–H groups in total. The summed E-state index contributed by atoms with van der Waals surface area (Å²) in [4.78, 5) is 26.4. The number of hydrogen-bond donors (Lipinski definition) is 0. The molecule has 0 saturated carbocycles. The smallest absolute Gasteiger partial charge is 0.222 e. The van der Waals surface area contributed by atoms with Crippen LogP contribution < -0.4 is 0 Å². The molecular weight excluding hydrogens is 354 g/mol. The number of likely N-dealkylation sites (tertiary alicyclic amines) is 1. The van der Waals surface area contributed by atoms with E-state index in [0.717, 1.165) is 68.3 Å². The van der Waals surface area contributed by atoms with E-state index in [1.54, 1.807) is 0 Å². The van der Waals surface area contributed by atoms with Crippen LogP contribution in [0.3, 0.4) is 0 Å². The molecule has 1 saturated heterocycles. The average Bonchev–Trinajstić information content (AvgIpc) is 3.03. The second-order valence-corrected chi connectivity index (χ2v) is 8.15. The van der Waals surface area contributed by atoms with E-state index in [1.807, 2.05) is 24.9 Å². The summed E-state index contributed by atoms with van der Waals surface area (Å²) in [6, 6.07) is 0. The maximum Gasteiger partial charge on any atom is 0.222 e. The molecule has 28 heavy (non-hydrogen) atoms. The van der Waals surface area contributed by atoms with Crippen LogP contribution in [0.15, 0.2) is 10.7 Å². The van der Waals surface area contributed by atoms with Gasteiger partial charge in [0.15, 0.2) is 0 Å². The Hall–Kier alpha value is -2.28. The van der Waals surface area contributed by atoms with Gasteiger partial charge in [-0.2, -0.15) is 0 Å². The first-order valence-electron chi connectivity index (χ1n) is 10.2. The van der Waals surface area contributed by atoms with Crippen LogP contribution in [-0.4, -0.2) is 57.5 Å². The number of aryl methyl sites for hydroxylation is 2. The maximum atomic E-state index is 12.6. The number of fused-ring (bicyclic) bond motifs is 1. The zero-order chi connectivity index (χ0) is 19.7. The van der Waals surface area contributed by atoms with Gasteiger partial charge in [-0.3, -0.25) is 4.79 Å². The van der Waals surface area contributed by atoms with Crippen molar-refractivity contribution in [1.82, 2.24) is 24.9 Å². The highest BCUT2D eigenvalue weighted by Crippen LogP contribution is 2.27. The van der Waals surface area contributed by atoms with E-state index in [9.17, 15) is 4.79 Å². The van der Waals surface area contributed by atoms with E-state index in [4.69, 9.17) is 9.51 Å². The van der Waals surface area contributed by atoms with Crippen LogP contribution >= 0.6 is 0 Å². The molecule has 2 aliphatic rings. The SMILES string of the molecule is Cc1noc(C)c1CCC(=O)N1CCC(c2ncc3c(n2)CCN(C)C3)CC1. The van der Waals surface area contributed by atoms with Gasteiger partial charge in [0, 0.05) is 68.0 Å². The Balaban J connectivity index is 1.31. The fourth-order valence-corrected chi connectivity index (χ4v) is 4.31. The minimum absolute atomic E-state index is 0.216. The minimum atomic E-state index is 0.216. The zero-order valence-electron chi connectivity index (χ0n) is 17.1. The zero-order valence-corrected chi connectivity index (χ0v) is 17.1. The van der Waals surface area contributed by atoms with Gasteiger partial charge >= 0.3 is 0 Å². The Morgan fingerprint density at radius 2 is 2.04 bits per heavy atom. The number of hydrogen-bond acceptors (Lipinski definition) is 6. The number of likely N-dealkylation sites (N-methyl/N-ethyl adjacent to an activating group) is 1. The van der Waals surface area contributed by atoms with Crippen molar-refractivity contribution in [2.45, 2.75) is 58.4 Å². The molecule has 4 rings (SSSR count). The molecule has 2 aromatic heterocycles. The lowest BCUT2D eigenvalue weighted by Crippen LogP contribution is -2.38. The number of carbonyl (C=O) groups is 1. The molecule has 2 aromatic rings. The van der Waals surface area contributed by atoms with Crippen LogP contribution in [-0.2, 0) is 24.2 Å². The van der Waals surface area contributed by atoms with Gasteiger partial charge in [-0.15, -0.1) is 0 Å². The molecule has 0 aliphatic carbocycles. The van der Waals surface area contributed by atoms with Gasteiger partial charge in [0.05, 0.1) is 5.69 Å². The maximum absolute atomic E-state index is 12.6. The van der Waals surface area contributed by atoms with Gasteiger partial charge in [0.1, 0.15) is 11.6 Å². The van der Waals surface area contributed by atoms with E-state index in [1.165, 1.54) is 11.3 Å². The lowest BCUT2D eigenvalue weighted by atomic mass is 9.95. The molecule has 0 spiro atoms. The molecular formula is C21H29N5O2. The summed E-state index contributed by atoms with van der Waals surface area (Å²) in [5.74, 6) is 2.36. The van der Waals surface area contributed by atoms with Crippen LogP contribution in [0, 0.1) is 13.8 Å². The molecule has 0 atom stereocenters. The quantitative estimate of drug-likeness (QED) is 0.807. The van der Waals surface area contributed by atoms with Crippen molar-refractivity contribution in [1.29, 1.82) is 0 Å². The van der Waals surface area contributed by atoms with E-state index in [-0.39, 0.29) is 5.91 Å². The highest BCUT2D eigenvalue weighted by molar-refractivity contribution is 5.76. The van der Waals surface area contributed by atoms with E-state index < -0.39 is 0 Å². The van der Waals surface area contributed by atoms with Crippen molar-refractivity contribution >= 4 is 5.91 Å². The minimum Gasteiger partial charge on any atom is -0.361 e. The number of rotatable bonds is 4. The Bertz CT molecular complexity index is 835. The van der Waals surface area contributed by atoms with Gasteiger partial charge in [0.25, 0.3) is 0 Å². The third-order valence-corrected chi connectivity index (χ3v) is 6.13. The van der Waals surface area contributed by atoms with Crippen molar-refractivity contribution in [2.75, 3.05) is 26.7 Å². The average molecular weight is 383 g/mol. The van der Waals surface area contributed by atoms with E-state index in [2.05, 4.69) is 22.1 Å². The van der Waals surface area contributed by atoms with Crippen LogP contribution in [0.5, 0.6) is 0 Å². The molecule has 4 heterocycles. The third kappa shape index (κ3) is 3.94. The first-order valence-corrected chi connectivity index (χ1v) is 10.2. The predicted octanol–water partition coefficient (Wildman–Crippen LogP) is 2.41. The summed E-state index contributed by atoms with van der Waals surface area (Å²) in [5.41, 5.74) is 4.42. The molecule has 0 aromatic carbocycles. The standard InChI is InChI=1S/C21H29N5O2/c1-14-18(15(2)28-24-14)4-5-20(27)26-10-6-16(7-11-26)21-22-12-17-13-25(3)9-8-19(17)23-21/h12,16H,4-11,13H2,1-3H3. The number of aromatic nitrogens is 3. The molecule has 0 bridgehead atoms. The second-order valence-electron chi connectivity index (χ2n) is 8.15. The Morgan fingerprint density at radius 1 is 1.25 bits per heavy atom. The van der Waals surface area contributed by atoms with Crippen molar-refractivity contribution < 1.29 is 9.32 Å². The summed E-state index contributed by atoms with van der Waals surface area (Å²) in [6.07, 6.45) is 6.10. The molecule has 0 unspecified atom stereocenters. The second kappa shape index (κ2) is 7.99. The van der Waals surface area contributed by atoms with Gasteiger partial charge in [-0.1, -0.05) is 5.16 Å².